The summed E-state index contributed by atoms with van der Waals surface area (Å²) in [6, 6.07) is 7.12. The van der Waals surface area contributed by atoms with Gasteiger partial charge in [-0.05, 0) is 29.4 Å². The van der Waals surface area contributed by atoms with Crippen molar-refractivity contribution >= 4 is 28.5 Å². The monoisotopic (exact) mass is 365 g/mol. The van der Waals surface area contributed by atoms with Crippen LogP contribution in [0.2, 0.25) is 0 Å². The third-order valence-corrected chi connectivity index (χ3v) is 4.20. The molecule has 10 heteroatoms. The fraction of sp³-hybridized carbons (Fsp3) is 0.118. The van der Waals surface area contributed by atoms with Gasteiger partial charge in [-0.1, -0.05) is 12.1 Å². The van der Waals surface area contributed by atoms with E-state index in [0.717, 1.165) is 5.56 Å². The predicted octanol–water partition coefficient (Wildman–Crippen LogP) is 2.03. The number of anilines is 2. The lowest BCUT2D eigenvalue weighted by atomic mass is 10.1. The Balaban J connectivity index is 2.11. The maximum absolute atomic E-state index is 11.8. The lowest BCUT2D eigenvalue weighted by Crippen LogP contribution is -2.05. The summed E-state index contributed by atoms with van der Waals surface area (Å²) in [5.41, 5.74) is 14.6. The van der Waals surface area contributed by atoms with E-state index in [4.69, 9.17) is 11.5 Å². The van der Waals surface area contributed by atoms with Crippen molar-refractivity contribution in [2.45, 2.75) is 13.5 Å². The van der Waals surface area contributed by atoms with Crippen molar-refractivity contribution in [3.8, 4) is 22.8 Å². The van der Waals surface area contributed by atoms with Crippen LogP contribution in [0.25, 0.3) is 33.8 Å². The van der Waals surface area contributed by atoms with Gasteiger partial charge < -0.3 is 21.1 Å². The summed E-state index contributed by atoms with van der Waals surface area (Å²) in [5, 5.41) is 17.0. The summed E-state index contributed by atoms with van der Waals surface area (Å²) >= 11 is 0. The molecule has 3 heterocycles. The molecule has 27 heavy (non-hydrogen) atoms. The van der Waals surface area contributed by atoms with Gasteiger partial charge in [0.1, 0.15) is 11.1 Å². The minimum absolute atomic E-state index is 0.0216. The van der Waals surface area contributed by atoms with E-state index in [0.29, 0.717) is 34.8 Å². The number of carboxylic acids is 1. The zero-order valence-corrected chi connectivity index (χ0v) is 14.2. The minimum Gasteiger partial charge on any atom is -0.478 e. The molecule has 4 aromatic rings. The van der Waals surface area contributed by atoms with Gasteiger partial charge in [0.05, 0.1) is 11.2 Å². The first kappa shape index (κ1) is 16.5. The molecule has 0 aliphatic carbocycles. The second-order valence-electron chi connectivity index (χ2n) is 5.83. The molecule has 0 bridgehead atoms. The Labute approximate surface area is 152 Å². The van der Waals surface area contributed by atoms with Crippen molar-refractivity contribution in [3.63, 3.8) is 0 Å². The zero-order valence-electron chi connectivity index (χ0n) is 14.2. The summed E-state index contributed by atoms with van der Waals surface area (Å²) in [7, 11) is 0. The van der Waals surface area contributed by atoms with Gasteiger partial charge in [-0.15, -0.1) is 0 Å². The molecule has 0 amide bonds. The maximum Gasteiger partial charge on any atom is 0.339 e. The molecule has 0 radical (unpaired) electrons. The number of carboxylic acid groups (broad SMARTS) is 1. The van der Waals surface area contributed by atoms with Crippen LogP contribution >= 0.6 is 0 Å². The van der Waals surface area contributed by atoms with Crippen LogP contribution in [0, 0.1) is 0 Å². The summed E-state index contributed by atoms with van der Waals surface area (Å²) < 4.78 is 6.38. The molecule has 0 spiro atoms. The second-order valence-corrected chi connectivity index (χ2v) is 5.83. The second kappa shape index (κ2) is 6.09. The summed E-state index contributed by atoms with van der Waals surface area (Å²) in [6.07, 6.45) is 1.31. The summed E-state index contributed by atoms with van der Waals surface area (Å²) in [4.78, 5) is 20.7. The molecular formula is C17H15N7O3. The maximum atomic E-state index is 11.8. The average Bonchev–Trinajstić information content (AvgIpc) is 3.23. The largest absolute Gasteiger partial charge is 0.478 e. The quantitative estimate of drug-likeness (QED) is 0.460. The number of aromatic nitrogens is 5. The molecule has 0 aliphatic rings. The van der Waals surface area contributed by atoms with Crippen LogP contribution < -0.4 is 11.5 Å². The molecule has 0 aliphatic heterocycles. The van der Waals surface area contributed by atoms with E-state index in [9.17, 15) is 9.90 Å². The van der Waals surface area contributed by atoms with Crippen molar-refractivity contribution in [3.05, 3.63) is 36.0 Å². The highest BCUT2D eigenvalue weighted by Crippen LogP contribution is 2.34. The molecule has 3 aromatic heterocycles. The van der Waals surface area contributed by atoms with Crippen LogP contribution in [0.4, 0.5) is 11.5 Å². The molecule has 4 rings (SSSR count). The van der Waals surface area contributed by atoms with Gasteiger partial charge in [0, 0.05) is 24.0 Å². The molecule has 0 fully saturated rings. The molecule has 5 N–H and O–H groups in total. The van der Waals surface area contributed by atoms with Crippen molar-refractivity contribution in [2.24, 2.45) is 0 Å². The highest BCUT2D eigenvalue weighted by atomic mass is 16.6. The van der Waals surface area contributed by atoms with E-state index in [1.807, 2.05) is 13.0 Å². The minimum atomic E-state index is -1.11. The highest BCUT2D eigenvalue weighted by Gasteiger charge is 2.25. The number of hydrogen-bond acceptors (Lipinski definition) is 8. The number of imidazole rings is 1. The average molecular weight is 365 g/mol. The van der Waals surface area contributed by atoms with Gasteiger partial charge in [0.15, 0.2) is 17.3 Å². The van der Waals surface area contributed by atoms with Crippen molar-refractivity contribution in [2.75, 3.05) is 11.5 Å². The van der Waals surface area contributed by atoms with Crippen LogP contribution in [0.5, 0.6) is 0 Å². The van der Waals surface area contributed by atoms with Gasteiger partial charge in [-0.25, -0.2) is 14.4 Å². The van der Waals surface area contributed by atoms with Crippen molar-refractivity contribution in [1.82, 2.24) is 24.8 Å². The first-order valence-corrected chi connectivity index (χ1v) is 8.08. The van der Waals surface area contributed by atoms with Gasteiger partial charge in [-0.3, -0.25) is 4.98 Å². The SMILES string of the molecule is CCn1c(-c2nonc2N)nc2c(-c3cccc(N)c3)ncc(C(=O)O)c21. The Kier molecular flexibility index (Phi) is 3.73. The smallest absolute Gasteiger partial charge is 0.339 e. The molecule has 0 unspecified atom stereocenters. The Morgan fingerprint density at radius 1 is 1.26 bits per heavy atom. The number of rotatable bonds is 4. The van der Waals surface area contributed by atoms with E-state index >= 15 is 0 Å². The number of fused-ring (bicyclic) bond motifs is 1. The Morgan fingerprint density at radius 2 is 2.07 bits per heavy atom. The Bertz CT molecular complexity index is 1180. The number of nitrogens with zero attached hydrogens (tertiary/aromatic N) is 5. The number of nitrogens with two attached hydrogens (primary N) is 2. The standard InChI is InChI=1S/C17H15N7O3/c1-2-24-14-10(17(25)26)7-20-11(8-4-3-5-9(18)6-8)12(14)21-16(24)13-15(19)23-27-22-13/h3-7H,2,18H2,1H3,(H2,19,23)(H,25,26). The topological polar surface area (TPSA) is 159 Å². The fourth-order valence-corrected chi connectivity index (χ4v) is 3.04. The third kappa shape index (κ3) is 2.54. The molecule has 1 aromatic carbocycles. The number of benzene rings is 1. The number of pyridine rings is 1. The molecular weight excluding hydrogens is 350 g/mol. The molecule has 136 valence electrons. The van der Waals surface area contributed by atoms with Crippen molar-refractivity contribution < 1.29 is 14.5 Å². The predicted molar refractivity (Wildman–Crippen MR) is 97.7 cm³/mol. The number of hydrogen-bond donors (Lipinski definition) is 3. The van der Waals surface area contributed by atoms with Gasteiger partial charge in [0.25, 0.3) is 0 Å². The van der Waals surface area contributed by atoms with Crippen LogP contribution in [-0.2, 0) is 6.54 Å². The number of nitrogen functional groups attached to an aromatic ring is 2. The van der Waals surface area contributed by atoms with Crippen LogP contribution in [0.15, 0.2) is 35.1 Å². The van der Waals surface area contributed by atoms with E-state index in [2.05, 4.69) is 24.9 Å². The lowest BCUT2D eigenvalue weighted by molar-refractivity contribution is 0.0698. The number of carbonyl (C=O) groups is 1. The van der Waals surface area contributed by atoms with Gasteiger partial charge >= 0.3 is 5.97 Å². The van der Waals surface area contributed by atoms with Gasteiger partial charge in [-0.2, -0.15) is 0 Å². The fourth-order valence-electron chi connectivity index (χ4n) is 3.04. The molecule has 0 saturated carbocycles. The van der Waals surface area contributed by atoms with Gasteiger partial charge in [0.2, 0.25) is 0 Å². The third-order valence-electron chi connectivity index (χ3n) is 4.20. The number of aromatic carboxylic acids is 1. The zero-order chi connectivity index (χ0) is 19.1. The molecule has 0 saturated heterocycles. The first-order valence-electron chi connectivity index (χ1n) is 8.08. The first-order chi connectivity index (χ1) is 13.0. The molecule has 0 atom stereocenters. The van der Waals surface area contributed by atoms with E-state index in [1.165, 1.54) is 6.20 Å². The van der Waals surface area contributed by atoms with Crippen LogP contribution in [0.3, 0.4) is 0 Å². The molecule has 10 nitrogen and oxygen atoms in total. The summed E-state index contributed by atoms with van der Waals surface area (Å²) in [5.74, 6) is -0.693. The normalized spacial score (nSPS) is 11.1. The highest BCUT2D eigenvalue weighted by molar-refractivity contribution is 6.05. The van der Waals surface area contributed by atoms with E-state index < -0.39 is 5.97 Å². The van der Waals surface area contributed by atoms with Crippen LogP contribution in [-0.4, -0.2) is 35.9 Å². The van der Waals surface area contributed by atoms with E-state index in [-0.39, 0.29) is 17.1 Å². The van der Waals surface area contributed by atoms with Crippen LogP contribution in [0.1, 0.15) is 17.3 Å². The Hall–Kier alpha value is -3.95. The Morgan fingerprint density at radius 3 is 2.70 bits per heavy atom. The number of aryl methyl sites for hydroxylation is 1. The van der Waals surface area contributed by atoms with E-state index in [1.54, 1.807) is 22.8 Å². The lowest BCUT2D eigenvalue weighted by Gasteiger charge is -2.08. The van der Waals surface area contributed by atoms with Crippen molar-refractivity contribution in [1.29, 1.82) is 0 Å². The summed E-state index contributed by atoms with van der Waals surface area (Å²) in [6.45, 7) is 2.29.